The van der Waals surface area contributed by atoms with E-state index in [9.17, 15) is 15.0 Å². The molecule has 1 aliphatic heterocycles. The molecule has 0 bridgehead atoms. The van der Waals surface area contributed by atoms with Crippen molar-refractivity contribution >= 4 is 5.97 Å². The monoisotopic (exact) mass is 334 g/mol. The van der Waals surface area contributed by atoms with E-state index in [2.05, 4.69) is 13.0 Å². The van der Waals surface area contributed by atoms with Gasteiger partial charge < -0.3 is 14.9 Å². The van der Waals surface area contributed by atoms with E-state index < -0.39 is 5.60 Å². The number of benzene rings is 2. The van der Waals surface area contributed by atoms with Crippen LogP contribution in [0.2, 0.25) is 0 Å². The van der Waals surface area contributed by atoms with Gasteiger partial charge in [-0.15, -0.1) is 0 Å². The van der Waals surface area contributed by atoms with E-state index >= 15 is 0 Å². The highest BCUT2D eigenvalue weighted by molar-refractivity contribution is 5.99. The number of phenolic OH excluding ortho intramolecular Hbond substituents is 2. The molecule has 4 rings (SSSR count). The summed E-state index contributed by atoms with van der Waals surface area (Å²) in [6, 6.07) is 13.4. The number of ether oxygens (including phenoxy) is 1. The van der Waals surface area contributed by atoms with Crippen molar-refractivity contribution < 1.29 is 19.7 Å². The molecule has 0 spiro atoms. The average Bonchev–Trinajstić information content (AvgIpc) is 2.89. The number of fused-ring (bicyclic) bond motifs is 1. The topological polar surface area (TPSA) is 66.8 Å². The third-order valence-corrected chi connectivity index (χ3v) is 4.83. The van der Waals surface area contributed by atoms with Gasteiger partial charge in [-0.25, -0.2) is 4.79 Å². The van der Waals surface area contributed by atoms with Crippen LogP contribution < -0.4 is 0 Å². The van der Waals surface area contributed by atoms with Crippen molar-refractivity contribution in [1.82, 2.24) is 0 Å². The molecule has 1 heterocycles. The Morgan fingerprint density at radius 2 is 1.48 bits per heavy atom. The second kappa shape index (κ2) is 5.52. The first-order valence-electron chi connectivity index (χ1n) is 8.26. The number of carbonyl (C=O) groups is 1. The highest BCUT2D eigenvalue weighted by Crippen LogP contribution is 2.51. The van der Waals surface area contributed by atoms with Gasteiger partial charge in [0.25, 0.3) is 0 Å². The Bertz CT molecular complexity index is 843. The van der Waals surface area contributed by atoms with Gasteiger partial charge in [0.05, 0.1) is 5.57 Å². The second-order valence-corrected chi connectivity index (χ2v) is 6.58. The molecule has 1 fully saturated rings. The smallest absolute Gasteiger partial charge is 0.339 e. The minimum Gasteiger partial charge on any atom is -0.508 e. The van der Waals surface area contributed by atoms with Gasteiger partial charge in [-0.1, -0.05) is 43.3 Å². The van der Waals surface area contributed by atoms with Gasteiger partial charge in [-0.3, -0.25) is 0 Å². The Labute approximate surface area is 145 Å². The lowest BCUT2D eigenvalue weighted by Crippen LogP contribution is -2.29. The van der Waals surface area contributed by atoms with Crippen molar-refractivity contribution in [2.45, 2.75) is 18.9 Å². The Balaban J connectivity index is 1.97. The number of aromatic hydroxyl groups is 2. The first-order chi connectivity index (χ1) is 12.0. The molecule has 25 heavy (non-hydrogen) atoms. The van der Waals surface area contributed by atoms with E-state index in [0.29, 0.717) is 5.57 Å². The SMILES string of the molecule is CC1C=C2C(=O)OC(c3ccc(O)cc3)(c3ccc(O)cc3)C2=CC1. The third-order valence-electron chi connectivity index (χ3n) is 4.83. The minimum atomic E-state index is -1.07. The molecule has 0 aromatic heterocycles. The van der Waals surface area contributed by atoms with Gasteiger partial charge in [-0.05, 0) is 36.6 Å². The van der Waals surface area contributed by atoms with E-state index in [-0.39, 0.29) is 23.4 Å². The minimum absolute atomic E-state index is 0.149. The highest BCUT2D eigenvalue weighted by atomic mass is 16.6. The standard InChI is InChI=1S/C21H18O4/c1-13-2-11-19-18(12-13)20(24)25-21(19,14-3-7-16(22)8-4-14)15-5-9-17(23)10-6-15/h3-13,22-23H,2H2,1H3. The number of hydrogen-bond donors (Lipinski definition) is 2. The summed E-state index contributed by atoms with van der Waals surface area (Å²) in [6.45, 7) is 2.06. The molecule has 0 saturated carbocycles. The quantitative estimate of drug-likeness (QED) is 0.820. The molecule has 1 atom stereocenters. The van der Waals surface area contributed by atoms with Crippen molar-refractivity contribution in [3.63, 3.8) is 0 Å². The van der Waals surface area contributed by atoms with Gasteiger partial charge in [0, 0.05) is 16.7 Å². The zero-order chi connectivity index (χ0) is 17.6. The number of allylic oxidation sites excluding steroid dienone is 2. The first-order valence-corrected chi connectivity index (χ1v) is 8.26. The number of esters is 1. The molecule has 1 aliphatic carbocycles. The fourth-order valence-electron chi connectivity index (χ4n) is 3.60. The second-order valence-electron chi connectivity index (χ2n) is 6.58. The molecule has 0 amide bonds. The Hall–Kier alpha value is -3.01. The molecule has 1 saturated heterocycles. The number of cyclic esters (lactones) is 1. The van der Waals surface area contributed by atoms with Crippen LogP contribution in [0.1, 0.15) is 24.5 Å². The molecule has 2 aromatic rings. The lowest BCUT2D eigenvalue weighted by atomic mass is 9.76. The maximum Gasteiger partial charge on any atom is 0.339 e. The summed E-state index contributed by atoms with van der Waals surface area (Å²) in [7, 11) is 0. The summed E-state index contributed by atoms with van der Waals surface area (Å²) < 4.78 is 5.96. The summed E-state index contributed by atoms with van der Waals surface area (Å²) >= 11 is 0. The van der Waals surface area contributed by atoms with Gasteiger partial charge in [0.15, 0.2) is 5.60 Å². The van der Waals surface area contributed by atoms with Crippen LogP contribution in [0.3, 0.4) is 0 Å². The van der Waals surface area contributed by atoms with Crippen LogP contribution in [-0.4, -0.2) is 16.2 Å². The Kier molecular flexibility index (Phi) is 3.42. The number of phenols is 2. The number of rotatable bonds is 2. The normalized spacial score (nSPS) is 21.2. The molecular formula is C21H18O4. The van der Waals surface area contributed by atoms with E-state index in [1.807, 2.05) is 6.08 Å². The zero-order valence-electron chi connectivity index (χ0n) is 13.8. The van der Waals surface area contributed by atoms with Gasteiger partial charge in [0.2, 0.25) is 0 Å². The molecule has 4 heteroatoms. The molecule has 2 N–H and O–H groups in total. The van der Waals surface area contributed by atoms with E-state index in [1.54, 1.807) is 48.5 Å². The predicted octanol–water partition coefficient (Wildman–Crippen LogP) is 3.79. The van der Waals surface area contributed by atoms with E-state index in [4.69, 9.17) is 4.74 Å². The molecule has 0 radical (unpaired) electrons. The molecule has 4 nitrogen and oxygen atoms in total. The van der Waals surface area contributed by atoms with Crippen molar-refractivity contribution in [2.75, 3.05) is 0 Å². The Morgan fingerprint density at radius 3 is 2.00 bits per heavy atom. The Morgan fingerprint density at radius 1 is 0.960 bits per heavy atom. The summed E-state index contributed by atoms with van der Waals surface area (Å²) in [5.74, 6) is 0.229. The summed E-state index contributed by atoms with van der Waals surface area (Å²) in [5, 5.41) is 19.3. The number of hydrogen-bond acceptors (Lipinski definition) is 4. The van der Waals surface area contributed by atoms with Crippen molar-refractivity contribution in [3.8, 4) is 11.5 Å². The van der Waals surface area contributed by atoms with Crippen LogP contribution in [0.5, 0.6) is 11.5 Å². The molecular weight excluding hydrogens is 316 g/mol. The highest BCUT2D eigenvalue weighted by Gasteiger charge is 2.51. The van der Waals surface area contributed by atoms with Crippen molar-refractivity contribution in [2.24, 2.45) is 5.92 Å². The van der Waals surface area contributed by atoms with E-state index in [0.717, 1.165) is 23.1 Å². The van der Waals surface area contributed by atoms with Crippen LogP contribution in [0, 0.1) is 5.92 Å². The van der Waals surface area contributed by atoms with Gasteiger partial charge >= 0.3 is 5.97 Å². The lowest BCUT2D eigenvalue weighted by Gasteiger charge is -2.31. The summed E-state index contributed by atoms with van der Waals surface area (Å²) in [5.41, 5.74) is 1.87. The van der Waals surface area contributed by atoms with Crippen LogP contribution in [0.25, 0.3) is 0 Å². The van der Waals surface area contributed by atoms with Gasteiger partial charge in [0.1, 0.15) is 11.5 Å². The predicted molar refractivity (Wildman–Crippen MR) is 93.0 cm³/mol. The fraction of sp³-hybridized carbons (Fsp3) is 0.190. The zero-order valence-corrected chi connectivity index (χ0v) is 13.8. The van der Waals surface area contributed by atoms with Crippen LogP contribution >= 0.6 is 0 Å². The maximum atomic E-state index is 12.6. The van der Waals surface area contributed by atoms with Crippen molar-refractivity contribution in [1.29, 1.82) is 0 Å². The fourth-order valence-corrected chi connectivity index (χ4v) is 3.60. The average molecular weight is 334 g/mol. The van der Waals surface area contributed by atoms with Gasteiger partial charge in [-0.2, -0.15) is 0 Å². The van der Waals surface area contributed by atoms with Crippen molar-refractivity contribution in [3.05, 3.63) is 83.0 Å². The number of carbonyl (C=O) groups excluding carboxylic acids is 1. The molecule has 1 unspecified atom stereocenters. The molecule has 126 valence electrons. The van der Waals surface area contributed by atoms with Crippen LogP contribution in [0.15, 0.2) is 71.8 Å². The third kappa shape index (κ3) is 2.33. The summed E-state index contributed by atoms with van der Waals surface area (Å²) in [6.07, 6.45) is 4.85. The van der Waals surface area contributed by atoms with Crippen LogP contribution in [0.4, 0.5) is 0 Å². The maximum absolute atomic E-state index is 12.6. The molecule has 2 aromatic carbocycles. The lowest BCUT2D eigenvalue weighted by molar-refractivity contribution is -0.143. The molecule has 2 aliphatic rings. The first kappa shape index (κ1) is 15.5. The van der Waals surface area contributed by atoms with Crippen LogP contribution in [-0.2, 0) is 15.1 Å². The van der Waals surface area contributed by atoms with E-state index in [1.165, 1.54) is 0 Å². The summed E-state index contributed by atoms with van der Waals surface area (Å²) in [4.78, 5) is 12.6. The largest absolute Gasteiger partial charge is 0.508 e.